The van der Waals surface area contributed by atoms with Crippen LogP contribution in [0.3, 0.4) is 0 Å². The Morgan fingerprint density at radius 2 is 2.11 bits per heavy atom. The Kier molecular flexibility index (Phi) is 4.63. The van der Waals surface area contributed by atoms with Crippen LogP contribution < -0.4 is 5.32 Å². The van der Waals surface area contributed by atoms with Gasteiger partial charge in [-0.05, 0) is 18.5 Å². The Morgan fingerprint density at radius 1 is 1.32 bits per heavy atom. The fraction of sp³-hybridized carbons (Fsp3) is 0.308. The van der Waals surface area contributed by atoms with Crippen molar-refractivity contribution in [1.29, 1.82) is 0 Å². The first-order chi connectivity index (χ1) is 9.25. The number of aromatic nitrogens is 2. The highest BCUT2D eigenvalue weighted by Crippen LogP contribution is 2.11. The minimum Gasteiger partial charge on any atom is -0.337 e. The van der Waals surface area contributed by atoms with E-state index in [2.05, 4.69) is 10.3 Å². The molecule has 0 bridgehead atoms. The van der Waals surface area contributed by atoms with Gasteiger partial charge in [0.2, 0.25) is 0 Å². The second kappa shape index (κ2) is 6.65. The third-order valence-corrected chi connectivity index (χ3v) is 2.81. The molecule has 0 aliphatic carbocycles. The average molecular weight is 260 g/mol. The number of benzene rings is 1. The molecule has 2 aromatic rings. The van der Waals surface area contributed by atoms with Crippen molar-refractivity contribution in [3.63, 3.8) is 0 Å². The lowest BCUT2D eigenvalue weighted by Gasteiger charge is -2.05. The molecule has 0 aliphatic heterocycles. The van der Waals surface area contributed by atoms with E-state index in [0.717, 1.165) is 31.6 Å². The van der Waals surface area contributed by atoms with Gasteiger partial charge >= 0.3 is 0 Å². The summed E-state index contributed by atoms with van der Waals surface area (Å²) in [6.07, 6.45) is 6.53. The van der Waals surface area contributed by atoms with Gasteiger partial charge in [0, 0.05) is 37.6 Å². The summed E-state index contributed by atoms with van der Waals surface area (Å²) in [5.41, 5.74) is 1.18. The number of nitro groups is 1. The molecule has 0 unspecified atom stereocenters. The van der Waals surface area contributed by atoms with Gasteiger partial charge in [-0.2, -0.15) is 0 Å². The molecule has 0 amide bonds. The van der Waals surface area contributed by atoms with E-state index in [-0.39, 0.29) is 10.6 Å². The van der Waals surface area contributed by atoms with Crippen molar-refractivity contribution in [2.75, 3.05) is 6.54 Å². The van der Waals surface area contributed by atoms with Crippen LogP contribution in [0.1, 0.15) is 12.0 Å². The number of nitro benzene ring substituents is 1. The molecule has 1 N–H and O–H groups in total. The molecule has 0 atom stereocenters. The summed E-state index contributed by atoms with van der Waals surface area (Å²) in [4.78, 5) is 14.1. The molecule has 1 heterocycles. The van der Waals surface area contributed by atoms with E-state index < -0.39 is 0 Å². The van der Waals surface area contributed by atoms with Gasteiger partial charge in [0.15, 0.2) is 0 Å². The lowest BCUT2D eigenvalue weighted by molar-refractivity contribution is -0.384. The van der Waals surface area contributed by atoms with Crippen LogP contribution in [0, 0.1) is 10.1 Å². The van der Waals surface area contributed by atoms with Crippen molar-refractivity contribution < 1.29 is 4.92 Å². The third-order valence-electron chi connectivity index (χ3n) is 2.81. The summed E-state index contributed by atoms with van der Waals surface area (Å²) < 4.78 is 2.04. The maximum atomic E-state index is 10.5. The van der Waals surface area contributed by atoms with Gasteiger partial charge in [0.05, 0.1) is 11.3 Å². The lowest BCUT2D eigenvalue weighted by Crippen LogP contribution is -2.16. The van der Waals surface area contributed by atoms with E-state index in [9.17, 15) is 10.1 Å². The van der Waals surface area contributed by atoms with Crippen molar-refractivity contribution >= 4 is 5.69 Å². The Hall–Kier alpha value is -2.21. The molecular formula is C13H16N4O2. The van der Waals surface area contributed by atoms with Gasteiger partial charge < -0.3 is 9.88 Å². The molecule has 0 fully saturated rings. The Labute approximate surface area is 111 Å². The van der Waals surface area contributed by atoms with E-state index in [4.69, 9.17) is 0 Å². The van der Waals surface area contributed by atoms with E-state index in [1.54, 1.807) is 24.7 Å². The van der Waals surface area contributed by atoms with Crippen LogP contribution >= 0.6 is 0 Å². The smallest absolute Gasteiger partial charge is 0.269 e. The van der Waals surface area contributed by atoms with E-state index in [1.165, 1.54) is 12.1 Å². The standard InChI is InChI=1S/C13H16N4O2/c18-17(19)13-4-2-12(3-5-13)10-14-6-1-8-16-9-7-15-11-16/h2-5,7,9,11,14H,1,6,8,10H2. The highest BCUT2D eigenvalue weighted by molar-refractivity contribution is 5.32. The van der Waals surface area contributed by atoms with Crippen molar-refractivity contribution in [1.82, 2.24) is 14.9 Å². The van der Waals surface area contributed by atoms with Gasteiger partial charge in [-0.1, -0.05) is 12.1 Å². The predicted octanol–water partition coefficient (Wildman–Crippen LogP) is 1.97. The maximum absolute atomic E-state index is 10.5. The van der Waals surface area contributed by atoms with E-state index in [0.29, 0.717) is 0 Å². The zero-order valence-corrected chi connectivity index (χ0v) is 10.5. The number of nitrogens with zero attached hydrogens (tertiary/aromatic N) is 3. The first kappa shape index (κ1) is 13.2. The first-order valence-corrected chi connectivity index (χ1v) is 6.15. The SMILES string of the molecule is O=[N+]([O-])c1ccc(CNCCCn2ccnc2)cc1. The molecule has 19 heavy (non-hydrogen) atoms. The molecule has 0 saturated heterocycles. The van der Waals surface area contributed by atoms with E-state index >= 15 is 0 Å². The molecule has 1 aromatic heterocycles. The number of aryl methyl sites for hydroxylation is 1. The first-order valence-electron chi connectivity index (χ1n) is 6.15. The molecule has 2 rings (SSSR count). The van der Waals surface area contributed by atoms with Gasteiger partial charge in [-0.15, -0.1) is 0 Å². The molecule has 0 spiro atoms. The number of rotatable bonds is 7. The topological polar surface area (TPSA) is 73.0 Å². The number of hydrogen-bond acceptors (Lipinski definition) is 4. The molecule has 0 saturated carbocycles. The van der Waals surface area contributed by atoms with Crippen LogP contribution in [0.15, 0.2) is 43.0 Å². The summed E-state index contributed by atoms with van der Waals surface area (Å²) in [6, 6.07) is 6.62. The summed E-state index contributed by atoms with van der Waals surface area (Å²) >= 11 is 0. The summed E-state index contributed by atoms with van der Waals surface area (Å²) in [5, 5.41) is 13.8. The lowest BCUT2D eigenvalue weighted by atomic mass is 10.2. The largest absolute Gasteiger partial charge is 0.337 e. The molecule has 6 nitrogen and oxygen atoms in total. The average Bonchev–Trinajstić information content (AvgIpc) is 2.92. The molecule has 0 aliphatic rings. The number of nitrogens with one attached hydrogen (secondary N) is 1. The molecule has 100 valence electrons. The fourth-order valence-electron chi connectivity index (χ4n) is 1.77. The van der Waals surface area contributed by atoms with Crippen LogP contribution in [0.2, 0.25) is 0 Å². The van der Waals surface area contributed by atoms with E-state index in [1.807, 2.05) is 10.8 Å². The van der Waals surface area contributed by atoms with Crippen molar-refractivity contribution in [2.24, 2.45) is 0 Å². The molecular weight excluding hydrogens is 244 g/mol. The Balaban J connectivity index is 1.66. The minimum absolute atomic E-state index is 0.129. The predicted molar refractivity (Wildman–Crippen MR) is 71.6 cm³/mol. The van der Waals surface area contributed by atoms with Gasteiger partial charge in [-0.25, -0.2) is 4.98 Å². The van der Waals surface area contributed by atoms with Crippen molar-refractivity contribution in [3.05, 3.63) is 58.7 Å². The second-order valence-electron chi connectivity index (χ2n) is 4.25. The summed E-state index contributed by atoms with van der Waals surface area (Å²) in [6.45, 7) is 2.56. The van der Waals surface area contributed by atoms with Gasteiger partial charge in [0.1, 0.15) is 0 Å². The van der Waals surface area contributed by atoms with Gasteiger partial charge in [0.25, 0.3) is 5.69 Å². The molecule has 1 aromatic carbocycles. The van der Waals surface area contributed by atoms with Crippen LogP contribution in [0.5, 0.6) is 0 Å². The quantitative estimate of drug-likeness (QED) is 0.469. The van der Waals surface area contributed by atoms with Crippen LogP contribution in [0.25, 0.3) is 0 Å². The monoisotopic (exact) mass is 260 g/mol. The van der Waals surface area contributed by atoms with Crippen LogP contribution in [-0.4, -0.2) is 21.0 Å². The second-order valence-corrected chi connectivity index (χ2v) is 4.25. The molecule has 0 radical (unpaired) electrons. The van der Waals surface area contributed by atoms with Gasteiger partial charge in [-0.3, -0.25) is 10.1 Å². The van der Waals surface area contributed by atoms with Crippen LogP contribution in [0.4, 0.5) is 5.69 Å². The highest BCUT2D eigenvalue weighted by Gasteiger charge is 2.03. The molecule has 6 heteroatoms. The van der Waals surface area contributed by atoms with Crippen molar-refractivity contribution in [2.45, 2.75) is 19.5 Å². The van der Waals surface area contributed by atoms with Crippen molar-refractivity contribution in [3.8, 4) is 0 Å². The third kappa shape index (κ3) is 4.18. The Bertz CT molecular complexity index is 508. The number of non-ortho nitro benzene ring substituents is 1. The maximum Gasteiger partial charge on any atom is 0.269 e. The summed E-state index contributed by atoms with van der Waals surface area (Å²) in [7, 11) is 0. The highest BCUT2D eigenvalue weighted by atomic mass is 16.6. The zero-order valence-electron chi connectivity index (χ0n) is 10.5. The van der Waals surface area contributed by atoms with Crippen LogP contribution in [-0.2, 0) is 13.1 Å². The minimum atomic E-state index is -0.387. The zero-order chi connectivity index (χ0) is 13.5. The Morgan fingerprint density at radius 3 is 2.74 bits per heavy atom. The number of hydrogen-bond donors (Lipinski definition) is 1. The summed E-state index contributed by atoms with van der Waals surface area (Å²) in [5.74, 6) is 0. The fourth-order valence-corrected chi connectivity index (χ4v) is 1.77. The normalized spacial score (nSPS) is 10.5. The number of imidazole rings is 1.